The summed E-state index contributed by atoms with van der Waals surface area (Å²) < 4.78 is 0. The minimum atomic E-state index is -0.0805. The highest BCUT2D eigenvalue weighted by molar-refractivity contribution is 5.77. The third kappa shape index (κ3) is 2.83. The molecule has 1 N–H and O–H groups in total. The normalized spacial score (nSPS) is 14.9. The van der Waals surface area contributed by atoms with Crippen LogP contribution in [0.2, 0.25) is 0 Å². The van der Waals surface area contributed by atoms with E-state index in [1.165, 1.54) is 22.3 Å². The van der Waals surface area contributed by atoms with Crippen molar-refractivity contribution < 1.29 is 0 Å². The molecular formula is C24H21N3O. The number of fused-ring (bicyclic) bond motifs is 4. The molecule has 1 aromatic heterocycles. The largest absolute Gasteiger partial charge is 0.309 e. The van der Waals surface area contributed by atoms with Crippen LogP contribution in [0, 0.1) is 0 Å². The zero-order valence-electron chi connectivity index (χ0n) is 15.7. The molecule has 5 rings (SSSR count). The molecule has 4 aromatic rings. The Bertz CT molecular complexity index is 1180. The highest BCUT2D eigenvalue weighted by Crippen LogP contribution is 2.35. The molecule has 1 unspecified atom stereocenters. The molecule has 1 aliphatic rings. The second-order valence-corrected chi connectivity index (χ2v) is 7.36. The summed E-state index contributed by atoms with van der Waals surface area (Å²) in [4.78, 5) is 22.7. The summed E-state index contributed by atoms with van der Waals surface area (Å²) in [5.41, 5.74) is 5.82. The van der Waals surface area contributed by atoms with Gasteiger partial charge in [-0.1, -0.05) is 60.7 Å². The molecule has 138 valence electrons. The second kappa shape index (κ2) is 6.73. The first-order valence-electron chi connectivity index (χ1n) is 9.60. The van der Waals surface area contributed by atoms with E-state index in [1.807, 2.05) is 24.3 Å². The van der Waals surface area contributed by atoms with Gasteiger partial charge in [-0.2, -0.15) is 0 Å². The summed E-state index contributed by atoms with van der Waals surface area (Å²) in [6, 6.07) is 24.6. The van der Waals surface area contributed by atoms with Crippen LogP contribution in [-0.4, -0.2) is 14.9 Å². The number of aromatic nitrogens is 2. The molecule has 0 saturated carbocycles. The van der Waals surface area contributed by atoms with E-state index < -0.39 is 0 Å². The number of hydrogen-bond acceptors (Lipinski definition) is 3. The number of hydrogen-bond donors (Lipinski definition) is 1. The van der Waals surface area contributed by atoms with Crippen molar-refractivity contribution in [2.24, 2.45) is 0 Å². The molecular weight excluding hydrogens is 346 g/mol. The van der Waals surface area contributed by atoms with E-state index in [0.717, 1.165) is 18.6 Å². The van der Waals surface area contributed by atoms with Gasteiger partial charge in [-0.3, -0.25) is 9.69 Å². The van der Waals surface area contributed by atoms with E-state index in [-0.39, 0.29) is 11.6 Å². The molecule has 1 aliphatic heterocycles. The van der Waals surface area contributed by atoms with E-state index >= 15 is 0 Å². The lowest BCUT2D eigenvalue weighted by Gasteiger charge is -2.27. The maximum Gasteiger partial charge on any atom is 0.258 e. The molecule has 0 aliphatic carbocycles. The lowest BCUT2D eigenvalue weighted by Crippen LogP contribution is -2.28. The highest BCUT2D eigenvalue weighted by atomic mass is 16.1. The van der Waals surface area contributed by atoms with Crippen molar-refractivity contribution in [3.05, 3.63) is 100 Å². The average molecular weight is 367 g/mol. The van der Waals surface area contributed by atoms with Gasteiger partial charge in [0.05, 0.1) is 16.9 Å². The Morgan fingerprint density at radius 3 is 2.11 bits per heavy atom. The average Bonchev–Trinajstić information content (AvgIpc) is 2.90. The van der Waals surface area contributed by atoms with Crippen molar-refractivity contribution in [3.63, 3.8) is 0 Å². The monoisotopic (exact) mass is 367 g/mol. The van der Waals surface area contributed by atoms with Gasteiger partial charge in [-0.05, 0) is 41.3 Å². The van der Waals surface area contributed by atoms with Gasteiger partial charge in [-0.15, -0.1) is 0 Å². The first-order chi connectivity index (χ1) is 13.7. The van der Waals surface area contributed by atoms with Crippen LogP contribution in [0.25, 0.3) is 22.0 Å². The van der Waals surface area contributed by atoms with Crippen molar-refractivity contribution >= 4 is 10.9 Å². The summed E-state index contributed by atoms with van der Waals surface area (Å²) in [6.07, 6.45) is 0. The molecule has 0 bridgehead atoms. The Kier molecular flexibility index (Phi) is 4.06. The molecule has 4 nitrogen and oxygen atoms in total. The number of para-hydroxylation sites is 1. The molecule has 1 atom stereocenters. The van der Waals surface area contributed by atoms with Gasteiger partial charge < -0.3 is 4.98 Å². The summed E-state index contributed by atoms with van der Waals surface area (Å²) in [5.74, 6) is 0.709. The van der Waals surface area contributed by atoms with Crippen molar-refractivity contribution in [1.29, 1.82) is 0 Å². The Morgan fingerprint density at radius 2 is 1.43 bits per heavy atom. The zero-order chi connectivity index (χ0) is 19.1. The molecule has 0 saturated heterocycles. The van der Waals surface area contributed by atoms with Crippen LogP contribution < -0.4 is 5.56 Å². The van der Waals surface area contributed by atoms with Crippen molar-refractivity contribution in [3.8, 4) is 11.1 Å². The minimum Gasteiger partial charge on any atom is -0.309 e. The number of rotatable bonds is 2. The van der Waals surface area contributed by atoms with Gasteiger partial charge in [0.2, 0.25) is 0 Å². The first kappa shape index (κ1) is 16.9. The first-order valence-corrected chi connectivity index (χ1v) is 9.60. The quantitative estimate of drug-likeness (QED) is 0.560. The van der Waals surface area contributed by atoms with Gasteiger partial charge >= 0.3 is 0 Å². The van der Waals surface area contributed by atoms with Crippen molar-refractivity contribution in [1.82, 2.24) is 14.9 Å². The van der Waals surface area contributed by atoms with E-state index in [0.29, 0.717) is 11.2 Å². The number of nitrogens with zero attached hydrogens (tertiary/aromatic N) is 2. The van der Waals surface area contributed by atoms with Gasteiger partial charge in [0.15, 0.2) is 0 Å². The van der Waals surface area contributed by atoms with E-state index in [4.69, 9.17) is 4.98 Å². The van der Waals surface area contributed by atoms with Crippen LogP contribution >= 0.6 is 0 Å². The smallest absolute Gasteiger partial charge is 0.258 e. The van der Waals surface area contributed by atoms with E-state index in [2.05, 4.69) is 65.3 Å². The fourth-order valence-corrected chi connectivity index (χ4v) is 4.08. The third-order valence-electron chi connectivity index (χ3n) is 5.65. The highest BCUT2D eigenvalue weighted by Gasteiger charge is 2.24. The van der Waals surface area contributed by atoms with Crippen LogP contribution in [-0.2, 0) is 13.1 Å². The standard InChI is InChI=1S/C24H21N3O/c1-16(23-25-22-13-7-6-12-21(22)24(28)26-23)27-14-17-8-2-4-10-19(17)20-11-5-3-9-18(20)15-27/h2-13,16H,14-15H2,1H3,(H,25,26,28). The van der Waals surface area contributed by atoms with Crippen LogP contribution in [0.3, 0.4) is 0 Å². The molecule has 28 heavy (non-hydrogen) atoms. The van der Waals surface area contributed by atoms with E-state index in [1.54, 1.807) is 0 Å². The number of H-pyrrole nitrogens is 1. The van der Waals surface area contributed by atoms with Gasteiger partial charge in [-0.25, -0.2) is 4.98 Å². The molecule has 2 heterocycles. The predicted octanol–water partition coefficient (Wildman–Crippen LogP) is 4.67. The number of benzene rings is 3. The van der Waals surface area contributed by atoms with Crippen LogP contribution in [0.15, 0.2) is 77.6 Å². The van der Waals surface area contributed by atoms with Crippen LogP contribution in [0.4, 0.5) is 0 Å². The van der Waals surface area contributed by atoms with Crippen molar-refractivity contribution in [2.45, 2.75) is 26.1 Å². The Morgan fingerprint density at radius 1 is 0.857 bits per heavy atom. The minimum absolute atomic E-state index is 0.0171. The molecule has 3 aromatic carbocycles. The fourth-order valence-electron chi connectivity index (χ4n) is 4.08. The summed E-state index contributed by atoms with van der Waals surface area (Å²) in [6.45, 7) is 3.73. The zero-order valence-corrected chi connectivity index (χ0v) is 15.7. The fraction of sp³-hybridized carbons (Fsp3) is 0.167. The maximum atomic E-state index is 12.5. The molecule has 4 heteroatoms. The number of nitrogens with one attached hydrogen (secondary N) is 1. The predicted molar refractivity (Wildman–Crippen MR) is 112 cm³/mol. The maximum absolute atomic E-state index is 12.5. The molecule has 0 fully saturated rings. The molecule has 0 radical (unpaired) electrons. The Hall–Kier alpha value is -3.24. The second-order valence-electron chi connectivity index (χ2n) is 7.36. The van der Waals surface area contributed by atoms with Gasteiger partial charge in [0.25, 0.3) is 5.56 Å². The molecule has 0 amide bonds. The SMILES string of the molecule is CC(c1nc2ccccc2c(=O)[nH]1)N1Cc2ccccc2-c2ccccc2C1. The van der Waals surface area contributed by atoms with E-state index in [9.17, 15) is 4.79 Å². The van der Waals surface area contributed by atoms with Gasteiger partial charge in [0.1, 0.15) is 5.82 Å². The van der Waals surface area contributed by atoms with Crippen LogP contribution in [0.5, 0.6) is 0 Å². The Labute approximate surface area is 163 Å². The molecule has 0 spiro atoms. The lowest BCUT2D eigenvalue weighted by molar-refractivity contribution is 0.187. The Balaban J connectivity index is 1.60. The summed E-state index contributed by atoms with van der Waals surface area (Å²) >= 11 is 0. The lowest BCUT2D eigenvalue weighted by atomic mass is 9.97. The van der Waals surface area contributed by atoms with Gasteiger partial charge in [0, 0.05) is 13.1 Å². The third-order valence-corrected chi connectivity index (χ3v) is 5.65. The summed E-state index contributed by atoms with van der Waals surface area (Å²) in [7, 11) is 0. The number of aromatic amines is 1. The van der Waals surface area contributed by atoms with Crippen LogP contribution in [0.1, 0.15) is 29.9 Å². The topological polar surface area (TPSA) is 49.0 Å². The summed E-state index contributed by atoms with van der Waals surface area (Å²) in [5, 5.41) is 0.630. The van der Waals surface area contributed by atoms with Crippen molar-refractivity contribution in [2.75, 3.05) is 0 Å².